The third-order valence-electron chi connectivity index (χ3n) is 4.91. The van der Waals surface area contributed by atoms with Crippen molar-refractivity contribution < 1.29 is 21.6 Å². The molecule has 0 spiro atoms. The van der Waals surface area contributed by atoms with Crippen LogP contribution in [0.15, 0.2) is 59.5 Å². The van der Waals surface area contributed by atoms with Crippen molar-refractivity contribution in [2.24, 2.45) is 5.92 Å². The highest BCUT2D eigenvalue weighted by atomic mass is 32.2. The average Bonchev–Trinajstić information content (AvgIpc) is 2.68. The largest absolute Gasteiger partial charge is 0.457 e. The summed E-state index contributed by atoms with van der Waals surface area (Å²) < 4.78 is 57.8. The summed E-state index contributed by atoms with van der Waals surface area (Å²) in [6.07, 6.45) is 0.674. The standard InChI is InChI=1S/C21H27NO5S2/c1-17(2)16-28(23,24)20-12-14-22(15-13-20)29(25,26)21-10-8-19(9-11-21)27-18-6-4-3-5-7-18/h3-11,17,20H,12-16H2,1-2H3. The van der Waals surface area contributed by atoms with Crippen molar-refractivity contribution in [3.63, 3.8) is 0 Å². The number of nitrogens with zero attached hydrogens (tertiary/aromatic N) is 1. The Morgan fingerprint density at radius 3 is 2.00 bits per heavy atom. The first-order valence-electron chi connectivity index (χ1n) is 9.73. The normalized spacial score (nSPS) is 16.8. The van der Waals surface area contributed by atoms with E-state index >= 15 is 0 Å². The van der Waals surface area contributed by atoms with Crippen LogP contribution < -0.4 is 4.74 Å². The van der Waals surface area contributed by atoms with E-state index in [9.17, 15) is 16.8 Å². The molecular weight excluding hydrogens is 410 g/mol. The first-order chi connectivity index (χ1) is 13.7. The molecule has 1 aliphatic rings. The highest BCUT2D eigenvalue weighted by molar-refractivity contribution is 7.92. The highest BCUT2D eigenvalue weighted by Crippen LogP contribution is 2.27. The fraction of sp³-hybridized carbons (Fsp3) is 0.429. The Labute approximate surface area is 173 Å². The monoisotopic (exact) mass is 437 g/mol. The van der Waals surface area contributed by atoms with Gasteiger partial charge in [-0.25, -0.2) is 16.8 Å². The first-order valence-corrected chi connectivity index (χ1v) is 12.9. The second-order valence-electron chi connectivity index (χ2n) is 7.71. The molecule has 1 heterocycles. The molecular formula is C21H27NO5S2. The van der Waals surface area contributed by atoms with Crippen molar-refractivity contribution in [1.82, 2.24) is 4.31 Å². The van der Waals surface area contributed by atoms with E-state index in [1.165, 1.54) is 16.4 Å². The maximum atomic E-state index is 12.9. The van der Waals surface area contributed by atoms with Gasteiger partial charge in [-0.15, -0.1) is 0 Å². The second kappa shape index (κ2) is 8.85. The van der Waals surface area contributed by atoms with Crippen LogP contribution in [0.3, 0.4) is 0 Å². The molecule has 6 nitrogen and oxygen atoms in total. The number of hydrogen-bond donors (Lipinski definition) is 0. The molecule has 3 rings (SSSR count). The number of sulfonamides is 1. The molecule has 1 aliphatic heterocycles. The maximum absolute atomic E-state index is 12.9. The molecule has 1 fully saturated rings. The van der Waals surface area contributed by atoms with Crippen LogP contribution in [0, 0.1) is 5.92 Å². The van der Waals surface area contributed by atoms with E-state index in [4.69, 9.17) is 4.74 Å². The molecule has 0 unspecified atom stereocenters. The van der Waals surface area contributed by atoms with E-state index in [0.717, 1.165) is 0 Å². The van der Waals surface area contributed by atoms with Crippen molar-refractivity contribution in [3.8, 4) is 11.5 Å². The van der Waals surface area contributed by atoms with Gasteiger partial charge >= 0.3 is 0 Å². The Morgan fingerprint density at radius 1 is 0.897 bits per heavy atom. The number of sulfone groups is 1. The van der Waals surface area contributed by atoms with Gasteiger partial charge < -0.3 is 4.74 Å². The van der Waals surface area contributed by atoms with Crippen LogP contribution in [0.25, 0.3) is 0 Å². The van der Waals surface area contributed by atoms with Crippen molar-refractivity contribution in [1.29, 1.82) is 0 Å². The summed E-state index contributed by atoms with van der Waals surface area (Å²) in [5.41, 5.74) is 0. The van der Waals surface area contributed by atoms with Gasteiger partial charge in [-0.2, -0.15) is 4.31 Å². The number of hydrogen-bond acceptors (Lipinski definition) is 5. The molecule has 0 N–H and O–H groups in total. The number of piperidine rings is 1. The Bertz CT molecular complexity index is 1010. The molecule has 0 aromatic heterocycles. The van der Waals surface area contributed by atoms with Crippen molar-refractivity contribution in [3.05, 3.63) is 54.6 Å². The van der Waals surface area contributed by atoms with Gasteiger partial charge in [-0.1, -0.05) is 32.0 Å². The number of benzene rings is 2. The molecule has 0 saturated carbocycles. The summed E-state index contributed by atoms with van der Waals surface area (Å²) in [4.78, 5) is 0.182. The van der Waals surface area contributed by atoms with E-state index in [-0.39, 0.29) is 29.7 Å². The van der Waals surface area contributed by atoms with E-state index in [0.29, 0.717) is 24.3 Å². The summed E-state index contributed by atoms with van der Waals surface area (Å²) in [7, 11) is -6.85. The molecule has 0 amide bonds. The van der Waals surface area contributed by atoms with Crippen molar-refractivity contribution >= 4 is 19.9 Å². The minimum Gasteiger partial charge on any atom is -0.457 e. The van der Waals surface area contributed by atoms with Gasteiger partial charge in [0, 0.05) is 13.1 Å². The molecule has 8 heteroatoms. The van der Waals surface area contributed by atoms with Gasteiger partial charge in [0.15, 0.2) is 9.84 Å². The maximum Gasteiger partial charge on any atom is 0.243 e. The van der Waals surface area contributed by atoms with Crippen molar-refractivity contribution in [2.45, 2.75) is 36.8 Å². The lowest BCUT2D eigenvalue weighted by molar-refractivity contribution is 0.345. The fourth-order valence-corrected chi connectivity index (χ4v) is 7.09. The zero-order chi connectivity index (χ0) is 21.1. The van der Waals surface area contributed by atoms with Crippen LogP contribution in [0.5, 0.6) is 11.5 Å². The van der Waals surface area contributed by atoms with Crippen LogP contribution in [0.4, 0.5) is 0 Å². The molecule has 0 aliphatic carbocycles. The lowest BCUT2D eigenvalue weighted by atomic mass is 10.2. The van der Waals surface area contributed by atoms with Crippen LogP contribution in [0.2, 0.25) is 0 Å². The second-order valence-corrected chi connectivity index (χ2v) is 12.0. The third kappa shape index (κ3) is 5.38. The lowest BCUT2D eigenvalue weighted by Crippen LogP contribution is -2.43. The first kappa shape index (κ1) is 21.8. The van der Waals surface area contributed by atoms with Gasteiger partial charge in [0.05, 0.1) is 15.9 Å². The SMILES string of the molecule is CC(C)CS(=O)(=O)C1CCN(S(=O)(=O)c2ccc(Oc3ccccc3)cc2)CC1. The van der Waals surface area contributed by atoms with Crippen molar-refractivity contribution in [2.75, 3.05) is 18.8 Å². The van der Waals surface area contributed by atoms with Crippen LogP contribution >= 0.6 is 0 Å². The quantitative estimate of drug-likeness (QED) is 0.660. The molecule has 158 valence electrons. The zero-order valence-corrected chi connectivity index (χ0v) is 18.3. The highest BCUT2D eigenvalue weighted by Gasteiger charge is 2.35. The van der Waals surface area contributed by atoms with Gasteiger partial charge in [-0.3, -0.25) is 0 Å². The third-order valence-corrected chi connectivity index (χ3v) is 9.45. The Balaban J connectivity index is 1.65. The van der Waals surface area contributed by atoms with Gasteiger partial charge in [0.25, 0.3) is 0 Å². The van der Waals surface area contributed by atoms with Crippen LogP contribution in [0.1, 0.15) is 26.7 Å². The predicted octanol–water partition coefficient (Wildman–Crippen LogP) is 3.70. The summed E-state index contributed by atoms with van der Waals surface area (Å²) >= 11 is 0. The van der Waals surface area contributed by atoms with Gasteiger partial charge in [-0.05, 0) is 55.2 Å². The summed E-state index contributed by atoms with van der Waals surface area (Å²) in [6, 6.07) is 15.5. The van der Waals surface area contributed by atoms with Crippen LogP contribution in [-0.2, 0) is 19.9 Å². The Kier molecular flexibility index (Phi) is 6.65. The summed E-state index contributed by atoms with van der Waals surface area (Å²) in [5, 5.41) is -0.460. The molecule has 2 aromatic carbocycles. The Morgan fingerprint density at radius 2 is 1.45 bits per heavy atom. The lowest BCUT2D eigenvalue weighted by Gasteiger charge is -2.31. The smallest absolute Gasteiger partial charge is 0.243 e. The van der Waals surface area contributed by atoms with E-state index in [1.807, 2.05) is 44.2 Å². The fourth-order valence-electron chi connectivity index (χ4n) is 3.49. The molecule has 29 heavy (non-hydrogen) atoms. The number of rotatable bonds is 7. The topological polar surface area (TPSA) is 80.8 Å². The molecule has 0 bridgehead atoms. The minimum atomic E-state index is -3.66. The zero-order valence-electron chi connectivity index (χ0n) is 16.7. The van der Waals surface area contributed by atoms with Gasteiger partial charge in [0.2, 0.25) is 10.0 Å². The molecule has 0 radical (unpaired) electrons. The van der Waals surface area contributed by atoms with E-state index in [1.54, 1.807) is 12.1 Å². The molecule has 2 aromatic rings. The average molecular weight is 438 g/mol. The number of para-hydroxylation sites is 1. The Hall–Kier alpha value is -1.90. The van der Waals surface area contributed by atoms with Gasteiger partial charge in [0.1, 0.15) is 11.5 Å². The summed E-state index contributed by atoms with van der Waals surface area (Å²) in [6.45, 7) is 4.18. The minimum absolute atomic E-state index is 0.0679. The number of ether oxygens (including phenoxy) is 1. The van der Waals surface area contributed by atoms with E-state index < -0.39 is 25.1 Å². The predicted molar refractivity (Wildman–Crippen MR) is 113 cm³/mol. The van der Waals surface area contributed by atoms with Crippen LogP contribution in [-0.4, -0.2) is 45.2 Å². The summed E-state index contributed by atoms with van der Waals surface area (Å²) in [5.74, 6) is 1.44. The molecule has 0 atom stereocenters. The van der Waals surface area contributed by atoms with E-state index in [2.05, 4.69) is 0 Å². The molecule has 1 saturated heterocycles.